The van der Waals surface area contributed by atoms with E-state index in [1.165, 1.54) is 0 Å². The van der Waals surface area contributed by atoms with Gasteiger partial charge in [0.15, 0.2) is 0 Å². The lowest BCUT2D eigenvalue weighted by atomic mass is 9.97. The molecule has 2 rings (SSSR count). The quantitative estimate of drug-likeness (QED) is 0.889. The highest BCUT2D eigenvalue weighted by atomic mass is 35.5. The summed E-state index contributed by atoms with van der Waals surface area (Å²) in [6.45, 7) is 6.49. The van der Waals surface area contributed by atoms with E-state index in [1.807, 2.05) is 20.8 Å². The van der Waals surface area contributed by atoms with E-state index >= 15 is 0 Å². The van der Waals surface area contributed by atoms with Crippen LogP contribution in [-0.2, 0) is 9.53 Å². The summed E-state index contributed by atoms with van der Waals surface area (Å²) in [4.78, 5) is 26.1. The number of benzene rings is 1. The van der Waals surface area contributed by atoms with E-state index in [0.29, 0.717) is 23.8 Å². The number of piperidine rings is 1. The Morgan fingerprint density at radius 3 is 2.74 bits per heavy atom. The fraction of sp³-hybridized carbons (Fsp3) is 0.529. The van der Waals surface area contributed by atoms with Crippen molar-refractivity contribution in [1.29, 1.82) is 0 Å². The molecule has 0 aliphatic carbocycles. The van der Waals surface area contributed by atoms with Crippen LogP contribution in [0.4, 0.5) is 10.5 Å². The Hall–Kier alpha value is -1.75. The molecule has 126 valence electrons. The minimum atomic E-state index is -0.535. The number of likely N-dealkylation sites (tertiary alicyclic amines) is 1. The van der Waals surface area contributed by atoms with Gasteiger partial charge < -0.3 is 15.0 Å². The first kappa shape index (κ1) is 17.6. The predicted molar refractivity (Wildman–Crippen MR) is 90.6 cm³/mol. The topological polar surface area (TPSA) is 58.6 Å². The number of rotatable bonds is 2. The average molecular weight is 339 g/mol. The lowest BCUT2D eigenvalue weighted by molar-refractivity contribution is -0.121. The van der Waals surface area contributed by atoms with Crippen molar-refractivity contribution in [3.05, 3.63) is 29.3 Å². The first-order chi connectivity index (χ1) is 10.7. The number of hydrogen-bond acceptors (Lipinski definition) is 3. The SMILES string of the molecule is CC(C)(C)OC(=O)N1CCCC(C(=O)Nc2cccc(Cl)c2)C1. The van der Waals surface area contributed by atoms with E-state index in [1.54, 1.807) is 29.2 Å². The van der Waals surface area contributed by atoms with Crippen LogP contribution in [-0.4, -0.2) is 35.6 Å². The number of nitrogens with zero attached hydrogens (tertiary/aromatic N) is 1. The van der Waals surface area contributed by atoms with E-state index in [2.05, 4.69) is 5.32 Å². The highest BCUT2D eigenvalue weighted by molar-refractivity contribution is 6.30. The van der Waals surface area contributed by atoms with Crippen molar-refractivity contribution in [2.75, 3.05) is 18.4 Å². The minimum Gasteiger partial charge on any atom is -0.444 e. The maximum Gasteiger partial charge on any atom is 0.410 e. The fourth-order valence-electron chi connectivity index (χ4n) is 2.49. The molecule has 6 heteroatoms. The third-order valence-corrected chi connectivity index (χ3v) is 3.77. The van der Waals surface area contributed by atoms with Gasteiger partial charge in [0.2, 0.25) is 5.91 Å². The zero-order chi connectivity index (χ0) is 17.0. The Morgan fingerprint density at radius 2 is 2.09 bits per heavy atom. The van der Waals surface area contributed by atoms with Crippen LogP contribution >= 0.6 is 11.6 Å². The summed E-state index contributed by atoms with van der Waals surface area (Å²) in [7, 11) is 0. The van der Waals surface area contributed by atoms with E-state index in [-0.39, 0.29) is 17.9 Å². The zero-order valence-electron chi connectivity index (χ0n) is 13.8. The first-order valence-electron chi connectivity index (χ1n) is 7.79. The van der Waals surface area contributed by atoms with Gasteiger partial charge in [-0.25, -0.2) is 4.79 Å². The molecule has 1 aliphatic rings. The largest absolute Gasteiger partial charge is 0.444 e. The van der Waals surface area contributed by atoms with Gasteiger partial charge in [-0.3, -0.25) is 4.79 Å². The fourth-order valence-corrected chi connectivity index (χ4v) is 2.68. The first-order valence-corrected chi connectivity index (χ1v) is 8.17. The minimum absolute atomic E-state index is 0.0967. The summed E-state index contributed by atoms with van der Waals surface area (Å²) in [6.07, 6.45) is 1.18. The smallest absolute Gasteiger partial charge is 0.410 e. The molecule has 1 unspecified atom stereocenters. The summed E-state index contributed by atoms with van der Waals surface area (Å²) in [5.74, 6) is -0.337. The van der Waals surface area contributed by atoms with Crippen LogP contribution in [0, 0.1) is 5.92 Å². The molecule has 2 amide bonds. The van der Waals surface area contributed by atoms with Crippen molar-refractivity contribution in [3.63, 3.8) is 0 Å². The van der Waals surface area contributed by atoms with Crippen LogP contribution in [0.5, 0.6) is 0 Å². The molecule has 1 aromatic carbocycles. The van der Waals surface area contributed by atoms with Crippen molar-refractivity contribution < 1.29 is 14.3 Å². The Morgan fingerprint density at radius 1 is 1.35 bits per heavy atom. The molecule has 0 saturated carbocycles. The van der Waals surface area contributed by atoms with Crippen LogP contribution in [0.1, 0.15) is 33.6 Å². The van der Waals surface area contributed by atoms with Gasteiger partial charge in [0.25, 0.3) is 0 Å². The molecular weight excluding hydrogens is 316 g/mol. The van der Waals surface area contributed by atoms with Gasteiger partial charge in [-0.05, 0) is 51.8 Å². The molecule has 0 spiro atoms. The maximum absolute atomic E-state index is 12.4. The average Bonchev–Trinajstić information content (AvgIpc) is 2.45. The summed E-state index contributed by atoms with van der Waals surface area (Å²) in [6, 6.07) is 7.03. The normalized spacial score (nSPS) is 18.4. The second-order valence-corrected chi connectivity index (χ2v) is 7.20. The molecule has 1 atom stereocenters. The van der Waals surface area contributed by atoms with E-state index < -0.39 is 5.60 Å². The van der Waals surface area contributed by atoms with Gasteiger partial charge in [-0.15, -0.1) is 0 Å². The monoisotopic (exact) mass is 338 g/mol. The number of ether oxygens (including phenoxy) is 1. The van der Waals surface area contributed by atoms with Crippen molar-refractivity contribution in [1.82, 2.24) is 4.90 Å². The molecule has 23 heavy (non-hydrogen) atoms. The third kappa shape index (κ3) is 5.43. The number of halogens is 1. The predicted octanol–water partition coefficient (Wildman–Crippen LogP) is 3.93. The number of anilines is 1. The van der Waals surface area contributed by atoms with Crippen LogP contribution in [0.2, 0.25) is 5.02 Å². The van der Waals surface area contributed by atoms with Crippen LogP contribution < -0.4 is 5.32 Å². The van der Waals surface area contributed by atoms with Gasteiger partial charge in [0.1, 0.15) is 5.60 Å². The second kappa shape index (κ2) is 7.21. The van der Waals surface area contributed by atoms with Gasteiger partial charge in [-0.2, -0.15) is 0 Å². The molecule has 1 N–H and O–H groups in total. The Labute approximate surface area is 141 Å². The van der Waals surface area contributed by atoms with Crippen molar-refractivity contribution in [3.8, 4) is 0 Å². The van der Waals surface area contributed by atoms with E-state index in [0.717, 1.165) is 12.8 Å². The van der Waals surface area contributed by atoms with Crippen molar-refractivity contribution in [2.24, 2.45) is 5.92 Å². The van der Waals surface area contributed by atoms with Crippen molar-refractivity contribution >= 4 is 29.3 Å². The maximum atomic E-state index is 12.4. The molecule has 1 heterocycles. The standard InChI is InChI=1S/C17H23ClN2O3/c1-17(2,3)23-16(22)20-9-5-6-12(11-20)15(21)19-14-8-4-7-13(18)10-14/h4,7-8,10,12H,5-6,9,11H2,1-3H3,(H,19,21). The summed E-state index contributed by atoms with van der Waals surface area (Å²) < 4.78 is 5.38. The molecule has 0 aromatic heterocycles. The molecule has 5 nitrogen and oxygen atoms in total. The summed E-state index contributed by atoms with van der Waals surface area (Å²) in [5, 5.41) is 3.43. The zero-order valence-corrected chi connectivity index (χ0v) is 14.5. The Bertz CT molecular complexity index is 583. The number of hydrogen-bond donors (Lipinski definition) is 1. The summed E-state index contributed by atoms with van der Waals surface area (Å²) in [5.41, 5.74) is 0.129. The molecule has 1 fully saturated rings. The van der Waals surface area contributed by atoms with Gasteiger partial charge in [-0.1, -0.05) is 17.7 Å². The highest BCUT2D eigenvalue weighted by Gasteiger charge is 2.31. The highest BCUT2D eigenvalue weighted by Crippen LogP contribution is 2.22. The van der Waals surface area contributed by atoms with E-state index in [4.69, 9.17) is 16.3 Å². The van der Waals surface area contributed by atoms with Crippen LogP contribution in [0.3, 0.4) is 0 Å². The molecule has 1 aliphatic heterocycles. The number of amides is 2. The van der Waals surface area contributed by atoms with Crippen molar-refractivity contribution in [2.45, 2.75) is 39.2 Å². The molecule has 0 bridgehead atoms. The second-order valence-electron chi connectivity index (χ2n) is 6.77. The lowest BCUT2D eigenvalue weighted by Crippen LogP contribution is -2.45. The Kier molecular flexibility index (Phi) is 5.52. The number of carbonyl (C=O) groups is 2. The van der Waals surface area contributed by atoms with Crippen LogP contribution in [0.15, 0.2) is 24.3 Å². The third-order valence-electron chi connectivity index (χ3n) is 3.54. The van der Waals surface area contributed by atoms with Crippen LogP contribution in [0.25, 0.3) is 0 Å². The number of carbonyl (C=O) groups excluding carboxylic acids is 2. The summed E-state index contributed by atoms with van der Waals surface area (Å²) >= 11 is 5.92. The van der Waals surface area contributed by atoms with Gasteiger partial charge in [0, 0.05) is 23.8 Å². The van der Waals surface area contributed by atoms with E-state index in [9.17, 15) is 9.59 Å². The number of nitrogens with one attached hydrogen (secondary N) is 1. The molecule has 1 saturated heterocycles. The van der Waals surface area contributed by atoms with Gasteiger partial charge >= 0.3 is 6.09 Å². The lowest BCUT2D eigenvalue weighted by Gasteiger charge is -2.33. The van der Waals surface area contributed by atoms with Gasteiger partial charge in [0.05, 0.1) is 5.92 Å². The molecule has 0 radical (unpaired) electrons. The molecular formula is C17H23ClN2O3. The Balaban J connectivity index is 1.95. The molecule has 1 aromatic rings.